The van der Waals surface area contributed by atoms with Crippen molar-refractivity contribution in [1.29, 1.82) is 0 Å². The summed E-state index contributed by atoms with van der Waals surface area (Å²) in [6, 6.07) is 12.8. The summed E-state index contributed by atoms with van der Waals surface area (Å²) in [5, 5.41) is 6.47. The maximum atomic E-state index is 13.6. The molecule has 0 bridgehead atoms. The molecule has 0 aliphatic heterocycles. The van der Waals surface area contributed by atoms with E-state index in [4.69, 9.17) is 9.15 Å². The predicted octanol–water partition coefficient (Wildman–Crippen LogP) is 2.29. The molecule has 8 heteroatoms. The molecule has 2 aromatic carbocycles. The van der Waals surface area contributed by atoms with Crippen molar-refractivity contribution in [3.8, 4) is 17.2 Å². The molecule has 1 heterocycles. The predicted molar refractivity (Wildman–Crippen MR) is 87.8 cm³/mol. The molecule has 0 saturated carbocycles. The minimum Gasteiger partial charge on any atom is -0.494 e. The molecule has 0 unspecified atom stereocenters. The monoisotopic (exact) mass is 343 g/mol. The van der Waals surface area contributed by atoms with Gasteiger partial charge in [-0.3, -0.25) is 4.79 Å². The lowest BCUT2D eigenvalue weighted by molar-refractivity contribution is -0.117. The Morgan fingerprint density at radius 2 is 2.04 bits per heavy atom. The number of rotatable bonds is 5. The van der Waals surface area contributed by atoms with Gasteiger partial charge in [0, 0.05) is 17.3 Å². The summed E-state index contributed by atoms with van der Waals surface area (Å²) in [4.78, 5) is 23.9. The zero-order valence-corrected chi connectivity index (χ0v) is 13.2. The summed E-state index contributed by atoms with van der Waals surface area (Å²) in [6.07, 6.45) is 0. The largest absolute Gasteiger partial charge is 0.494 e. The summed E-state index contributed by atoms with van der Waals surface area (Å²) >= 11 is 0. The van der Waals surface area contributed by atoms with Crippen LogP contribution >= 0.6 is 0 Å². The number of nitrogens with one attached hydrogen (secondary N) is 1. The Balaban J connectivity index is 1.72. The van der Waals surface area contributed by atoms with Crippen LogP contribution in [0.2, 0.25) is 0 Å². The number of hydrogen-bond acceptors (Lipinski definition) is 5. The van der Waals surface area contributed by atoms with E-state index in [2.05, 4.69) is 10.4 Å². The van der Waals surface area contributed by atoms with Crippen molar-refractivity contribution in [2.24, 2.45) is 0 Å². The van der Waals surface area contributed by atoms with Crippen LogP contribution in [-0.2, 0) is 11.3 Å². The lowest BCUT2D eigenvalue weighted by Gasteiger charge is -2.06. The van der Waals surface area contributed by atoms with Crippen molar-refractivity contribution in [1.82, 2.24) is 9.78 Å². The fourth-order valence-corrected chi connectivity index (χ4v) is 2.18. The Morgan fingerprint density at radius 1 is 1.28 bits per heavy atom. The molecule has 0 fully saturated rings. The number of halogens is 1. The molecule has 1 amide bonds. The zero-order valence-electron chi connectivity index (χ0n) is 13.2. The lowest BCUT2D eigenvalue weighted by atomic mass is 10.2. The van der Waals surface area contributed by atoms with Crippen molar-refractivity contribution < 1.29 is 18.3 Å². The van der Waals surface area contributed by atoms with Crippen LogP contribution in [0.4, 0.5) is 10.1 Å². The van der Waals surface area contributed by atoms with Crippen LogP contribution in [0.5, 0.6) is 5.75 Å². The Morgan fingerprint density at radius 3 is 2.72 bits per heavy atom. The average molecular weight is 343 g/mol. The van der Waals surface area contributed by atoms with Gasteiger partial charge in [0.05, 0.1) is 7.11 Å². The van der Waals surface area contributed by atoms with Crippen LogP contribution in [0, 0.1) is 5.82 Å². The molecule has 0 aliphatic carbocycles. The number of nitrogens with zero attached hydrogens (tertiary/aromatic N) is 2. The van der Waals surface area contributed by atoms with Gasteiger partial charge in [-0.05, 0) is 24.3 Å². The van der Waals surface area contributed by atoms with Gasteiger partial charge in [0.1, 0.15) is 6.54 Å². The molecule has 0 aliphatic rings. The molecular weight excluding hydrogens is 329 g/mol. The third-order valence-corrected chi connectivity index (χ3v) is 3.36. The summed E-state index contributed by atoms with van der Waals surface area (Å²) in [5.41, 5.74) is 0.860. The zero-order chi connectivity index (χ0) is 17.8. The first-order valence-electron chi connectivity index (χ1n) is 7.33. The van der Waals surface area contributed by atoms with Gasteiger partial charge in [0.25, 0.3) is 0 Å². The highest BCUT2D eigenvalue weighted by Crippen LogP contribution is 2.20. The third-order valence-electron chi connectivity index (χ3n) is 3.36. The molecule has 0 atom stereocenters. The number of methoxy groups -OCH3 is 1. The van der Waals surface area contributed by atoms with Gasteiger partial charge in [0.15, 0.2) is 11.6 Å². The van der Waals surface area contributed by atoms with Gasteiger partial charge in [-0.1, -0.05) is 18.2 Å². The molecule has 1 N–H and O–H groups in total. The van der Waals surface area contributed by atoms with E-state index in [-0.39, 0.29) is 23.9 Å². The Kier molecular flexibility index (Phi) is 4.60. The van der Waals surface area contributed by atoms with E-state index in [1.165, 1.54) is 19.2 Å². The average Bonchev–Trinajstić information content (AvgIpc) is 2.96. The number of aromatic nitrogens is 2. The van der Waals surface area contributed by atoms with Crippen molar-refractivity contribution in [3.05, 3.63) is 64.9 Å². The molecule has 7 nitrogen and oxygen atoms in total. The molecule has 128 valence electrons. The first kappa shape index (κ1) is 16.4. The van der Waals surface area contributed by atoms with Gasteiger partial charge in [-0.25, -0.2) is 9.18 Å². The standard InChI is InChI=1S/C17H14FN3O4/c1-24-14-8-7-12(9-13(14)18)19-15(22)10-21-17(23)25-16(20-21)11-5-3-2-4-6-11/h2-9H,10H2,1H3,(H,19,22). The summed E-state index contributed by atoms with van der Waals surface area (Å²) in [5.74, 6) is -1.72. The van der Waals surface area contributed by atoms with Crippen LogP contribution in [0.1, 0.15) is 0 Å². The first-order valence-corrected chi connectivity index (χ1v) is 7.33. The second-order valence-corrected chi connectivity index (χ2v) is 5.09. The molecular formula is C17H14FN3O4. The third kappa shape index (κ3) is 3.74. The number of anilines is 1. The maximum Gasteiger partial charge on any atom is 0.437 e. The summed E-state index contributed by atoms with van der Waals surface area (Å²) in [6.45, 7) is -0.358. The van der Waals surface area contributed by atoms with Crippen molar-refractivity contribution in [2.45, 2.75) is 6.54 Å². The molecule has 3 aromatic rings. The van der Waals surface area contributed by atoms with Crippen LogP contribution < -0.4 is 15.8 Å². The molecule has 0 saturated heterocycles. The second kappa shape index (κ2) is 7.00. The van der Waals surface area contributed by atoms with E-state index < -0.39 is 17.5 Å². The van der Waals surface area contributed by atoms with Gasteiger partial charge in [-0.15, -0.1) is 5.10 Å². The summed E-state index contributed by atoms with van der Waals surface area (Å²) < 4.78 is 24.4. The van der Waals surface area contributed by atoms with Crippen LogP contribution in [0.25, 0.3) is 11.5 Å². The van der Waals surface area contributed by atoms with Gasteiger partial charge in [-0.2, -0.15) is 4.68 Å². The van der Waals surface area contributed by atoms with E-state index >= 15 is 0 Å². The second-order valence-electron chi connectivity index (χ2n) is 5.09. The van der Waals surface area contributed by atoms with Gasteiger partial charge in [0.2, 0.25) is 11.8 Å². The van der Waals surface area contributed by atoms with Crippen molar-refractivity contribution >= 4 is 11.6 Å². The van der Waals surface area contributed by atoms with Crippen LogP contribution in [0.15, 0.2) is 57.7 Å². The first-order chi connectivity index (χ1) is 12.1. The number of carbonyl (C=O) groups is 1. The topological polar surface area (TPSA) is 86.4 Å². The fraction of sp³-hybridized carbons (Fsp3) is 0.118. The minimum absolute atomic E-state index is 0.0678. The molecule has 25 heavy (non-hydrogen) atoms. The lowest BCUT2D eigenvalue weighted by Crippen LogP contribution is -2.25. The van der Waals surface area contributed by atoms with Crippen molar-refractivity contribution in [2.75, 3.05) is 12.4 Å². The van der Waals surface area contributed by atoms with E-state index in [9.17, 15) is 14.0 Å². The van der Waals surface area contributed by atoms with E-state index in [0.717, 1.165) is 10.7 Å². The molecule has 0 radical (unpaired) electrons. The van der Waals surface area contributed by atoms with Crippen LogP contribution in [0.3, 0.4) is 0 Å². The van der Waals surface area contributed by atoms with Crippen LogP contribution in [-0.4, -0.2) is 22.8 Å². The van der Waals surface area contributed by atoms with Crippen molar-refractivity contribution in [3.63, 3.8) is 0 Å². The summed E-state index contributed by atoms with van der Waals surface area (Å²) in [7, 11) is 1.35. The van der Waals surface area contributed by atoms with E-state index in [0.29, 0.717) is 5.56 Å². The highest BCUT2D eigenvalue weighted by Gasteiger charge is 2.14. The number of benzene rings is 2. The molecule has 1 aromatic heterocycles. The highest BCUT2D eigenvalue weighted by atomic mass is 19.1. The minimum atomic E-state index is -0.755. The Labute approximate surface area is 141 Å². The number of hydrogen-bond donors (Lipinski definition) is 1. The van der Waals surface area contributed by atoms with Gasteiger partial charge >= 0.3 is 5.76 Å². The molecule has 0 spiro atoms. The quantitative estimate of drug-likeness (QED) is 0.768. The normalized spacial score (nSPS) is 10.5. The van der Waals surface area contributed by atoms with E-state index in [1.807, 2.05) is 6.07 Å². The smallest absolute Gasteiger partial charge is 0.437 e. The highest BCUT2D eigenvalue weighted by molar-refractivity contribution is 5.90. The number of amides is 1. The SMILES string of the molecule is COc1ccc(NC(=O)Cn2nc(-c3ccccc3)oc2=O)cc1F. The fourth-order valence-electron chi connectivity index (χ4n) is 2.18. The number of ether oxygens (including phenoxy) is 1. The number of carbonyl (C=O) groups excluding carboxylic acids is 1. The molecule has 3 rings (SSSR count). The Hall–Kier alpha value is -3.42. The van der Waals surface area contributed by atoms with E-state index in [1.54, 1.807) is 24.3 Å². The maximum absolute atomic E-state index is 13.6. The van der Waals surface area contributed by atoms with Gasteiger partial charge < -0.3 is 14.5 Å². The Bertz CT molecular complexity index is 950.